The van der Waals surface area contributed by atoms with Gasteiger partial charge in [-0.05, 0) is 44.1 Å². The van der Waals surface area contributed by atoms with Crippen molar-refractivity contribution in [1.29, 1.82) is 5.26 Å². The van der Waals surface area contributed by atoms with Crippen molar-refractivity contribution < 1.29 is 4.79 Å². The monoisotopic (exact) mass is 392 g/mol. The van der Waals surface area contributed by atoms with Crippen LogP contribution in [0.5, 0.6) is 0 Å². The normalized spacial score (nSPS) is 14.6. The first-order valence-corrected chi connectivity index (χ1v) is 9.93. The third kappa shape index (κ3) is 4.69. The molecular formula is C17H20N4OS3. The number of nitriles is 1. The second kappa shape index (κ2) is 8.13. The molecule has 1 aromatic heterocycles. The van der Waals surface area contributed by atoms with Gasteiger partial charge in [0.25, 0.3) is 0 Å². The number of hydrogen-bond donors (Lipinski definition) is 1. The van der Waals surface area contributed by atoms with Crippen molar-refractivity contribution >= 4 is 41.2 Å². The van der Waals surface area contributed by atoms with E-state index in [0.29, 0.717) is 3.95 Å². The average Bonchev–Trinajstić information content (AvgIpc) is 2.95. The van der Waals surface area contributed by atoms with E-state index in [0.717, 1.165) is 10.0 Å². The Bertz CT molecular complexity index is 838. The molecule has 2 aromatic rings. The Kier molecular flexibility index (Phi) is 6.38. The lowest BCUT2D eigenvalue weighted by atomic mass is 9.90. The van der Waals surface area contributed by atoms with Gasteiger partial charge in [-0.2, -0.15) is 5.26 Å². The molecular weight excluding hydrogens is 372 g/mol. The van der Waals surface area contributed by atoms with Gasteiger partial charge in [-0.3, -0.25) is 4.79 Å². The summed E-state index contributed by atoms with van der Waals surface area (Å²) in [4.78, 5) is 12.4. The van der Waals surface area contributed by atoms with Crippen LogP contribution in [0.2, 0.25) is 0 Å². The van der Waals surface area contributed by atoms with Crippen molar-refractivity contribution in [1.82, 2.24) is 15.1 Å². The van der Waals surface area contributed by atoms with Gasteiger partial charge in [0.15, 0.2) is 8.29 Å². The average molecular weight is 393 g/mol. The SMILES string of the molecule is CC(C)[C@@](C)(C#N)NC(=O)[C@@H](C)Sc1nn(-c2ccccc2)c(=S)s1. The maximum absolute atomic E-state index is 12.4. The zero-order chi connectivity index (χ0) is 18.6. The van der Waals surface area contributed by atoms with E-state index in [1.54, 1.807) is 18.5 Å². The molecule has 132 valence electrons. The molecule has 1 aromatic carbocycles. The van der Waals surface area contributed by atoms with E-state index in [1.165, 1.54) is 23.1 Å². The maximum atomic E-state index is 12.4. The van der Waals surface area contributed by atoms with Crippen molar-refractivity contribution in [2.24, 2.45) is 5.92 Å². The van der Waals surface area contributed by atoms with Crippen LogP contribution in [0.1, 0.15) is 27.7 Å². The second-order valence-corrected chi connectivity index (χ2v) is 9.31. The fraction of sp³-hybridized carbons (Fsp3) is 0.412. The smallest absolute Gasteiger partial charge is 0.234 e. The topological polar surface area (TPSA) is 70.7 Å². The first-order chi connectivity index (χ1) is 11.8. The summed E-state index contributed by atoms with van der Waals surface area (Å²) in [5.74, 6) is -0.173. The van der Waals surface area contributed by atoms with Crippen LogP contribution in [0.15, 0.2) is 34.7 Å². The summed E-state index contributed by atoms with van der Waals surface area (Å²) in [6.45, 7) is 7.36. The quantitative estimate of drug-likeness (QED) is 0.589. The van der Waals surface area contributed by atoms with Crippen LogP contribution >= 0.6 is 35.3 Å². The molecule has 0 aliphatic carbocycles. The molecule has 0 saturated carbocycles. The number of benzene rings is 1. The molecule has 0 spiro atoms. The highest BCUT2D eigenvalue weighted by molar-refractivity contribution is 8.02. The third-order valence-corrected chi connectivity index (χ3v) is 6.36. The largest absolute Gasteiger partial charge is 0.337 e. The van der Waals surface area contributed by atoms with E-state index in [4.69, 9.17) is 12.2 Å². The van der Waals surface area contributed by atoms with Crippen LogP contribution in [-0.4, -0.2) is 26.5 Å². The van der Waals surface area contributed by atoms with Crippen molar-refractivity contribution in [3.05, 3.63) is 34.3 Å². The Balaban J connectivity index is 2.11. The molecule has 25 heavy (non-hydrogen) atoms. The highest BCUT2D eigenvalue weighted by Gasteiger charge is 2.32. The van der Waals surface area contributed by atoms with Crippen molar-refractivity contribution in [3.63, 3.8) is 0 Å². The Morgan fingerprint density at radius 1 is 1.40 bits per heavy atom. The van der Waals surface area contributed by atoms with Crippen LogP contribution in [0.3, 0.4) is 0 Å². The summed E-state index contributed by atoms with van der Waals surface area (Å²) >= 11 is 8.09. The van der Waals surface area contributed by atoms with Gasteiger partial charge in [0.1, 0.15) is 5.54 Å². The van der Waals surface area contributed by atoms with Gasteiger partial charge in [0, 0.05) is 0 Å². The highest BCUT2D eigenvalue weighted by Crippen LogP contribution is 2.28. The summed E-state index contributed by atoms with van der Waals surface area (Å²) in [6.07, 6.45) is 0. The van der Waals surface area contributed by atoms with Gasteiger partial charge in [-0.15, -0.1) is 5.10 Å². The van der Waals surface area contributed by atoms with E-state index in [-0.39, 0.29) is 17.1 Å². The van der Waals surface area contributed by atoms with Gasteiger partial charge in [-0.1, -0.05) is 55.1 Å². The minimum atomic E-state index is -0.887. The number of nitrogens with zero attached hydrogens (tertiary/aromatic N) is 3. The first kappa shape index (κ1) is 19.6. The Labute approximate surface area is 161 Å². The summed E-state index contributed by atoms with van der Waals surface area (Å²) in [5.41, 5.74) is 0.00612. The molecule has 1 heterocycles. The van der Waals surface area contributed by atoms with Crippen LogP contribution < -0.4 is 5.32 Å². The molecule has 0 aliphatic rings. The predicted octanol–water partition coefficient (Wildman–Crippen LogP) is 4.20. The van der Waals surface area contributed by atoms with Gasteiger partial charge in [0.2, 0.25) is 5.91 Å². The molecule has 0 aliphatic heterocycles. The molecule has 0 saturated heterocycles. The lowest BCUT2D eigenvalue weighted by Gasteiger charge is -2.28. The molecule has 1 N–H and O–H groups in total. The summed E-state index contributed by atoms with van der Waals surface area (Å²) < 4.78 is 3.05. The molecule has 2 rings (SSSR count). The minimum absolute atomic E-state index is 0.0120. The van der Waals surface area contributed by atoms with Crippen LogP contribution in [0.4, 0.5) is 0 Å². The van der Waals surface area contributed by atoms with Crippen LogP contribution in [0.25, 0.3) is 5.69 Å². The van der Waals surface area contributed by atoms with Crippen molar-refractivity contribution in [2.75, 3.05) is 0 Å². The first-order valence-electron chi connectivity index (χ1n) is 7.82. The molecule has 0 radical (unpaired) electrons. The standard InChI is InChI=1S/C17H20N4OS3/c1-11(2)17(4,10-18)19-14(22)12(3)24-15-20-21(16(23)25-15)13-8-6-5-7-9-13/h5-9,11-12H,1-4H3,(H,19,22)/t12-,17-/m1/s1. The molecule has 0 bridgehead atoms. The van der Waals surface area contributed by atoms with E-state index < -0.39 is 5.54 Å². The summed E-state index contributed by atoms with van der Waals surface area (Å²) in [5, 5.41) is 16.3. The maximum Gasteiger partial charge on any atom is 0.234 e. The van der Waals surface area contributed by atoms with E-state index in [2.05, 4.69) is 16.5 Å². The molecule has 0 fully saturated rings. The number of hydrogen-bond acceptors (Lipinski definition) is 6. The third-order valence-electron chi connectivity index (χ3n) is 3.95. The van der Waals surface area contributed by atoms with E-state index in [9.17, 15) is 10.1 Å². The summed E-state index contributed by atoms with van der Waals surface area (Å²) in [6, 6.07) is 11.8. The van der Waals surface area contributed by atoms with Crippen molar-refractivity contribution in [2.45, 2.75) is 42.8 Å². The number of aromatic nitrogens is 2. The zero-order valence-corrected chi connectivity index (χ0v) is 17.0. The van der Waals surface area contributed by atoms with Crippen LogP contribution in [-0.2, 0) is 4.79 Å². The zero-order valence-electron chi connectivity index (χ0n) is 14.5. The number of carbonyl (C=O) groups excluding carboxylic acids is 1. The number of amides is 1. The number of carbonyl (C=O) groups is 1. The molecule has 1 amide bonds. The Morgan fingerprint density at radius 2 is 2.04 bits per heavy atom. The summed E-state index contributed by atoms with van der Waals surface area (Å²) in [7, 11) is 0. The number of nitrogens with one attached hydrogen (secondary N) is 1. The Morgan fingerprint density at radius 3 is 2.60 bits per heavy atom. The number of para-hydroxylation sites is 1. The number of rotatable bonds is 6. The van der Waals surface area contributed by atoms with Gasteiger partial charge in [-0.25, -0.2) is 4.68 Å². The lowest BCUT2D eigenvalue weighted by molar-refractivity contribution is -0.121. The molecule has 2 atom stereocenters. The van der Waals surface area contributed by atoms with Gasteiger partial charge < -0.3 is 5.32 Å². The molecule has 5 nitrogen and oxygen atoms in total. The Hall–Kier alpha value is -1.69. The second-order valence-electron chi connectivity index (χ2n) is 6.10. The van der Waals surface area contributed by atoms with E-state index in [1.807, 2.05) is 44.2 Å². The molecule has 8 heteroatoms. The molecule has 0 unspecified atom stereocenters. The van der Waals surface area contributed by atoms with Crippen LogP contribution in [0, 0.1) is 21.2 Å². The van der Waals surface area contributed by atoms with E-state index >= 15 is 0 Å². The predicted molar refractivity (Wildman–Crippen MR) is 105 cm³/mol. The number of thioether (sulfide) groups is 1. The minimum Gasteiger partial charge on any atom is -0.337 e. The van der Waals surface area contributed by atoms with Crippen molar-refractivity contribution in [3.8, 4) is 11.8 Å². The fourth-order valence-electron chi connectivity index (χ4n) is 1.90. The van der Waals surface area contributed by atoms with Gasteiger partial charge in [0.05, 0.1) is 17.0 Å². The highest BCUT2D eigenvalue weighted by atomic mass is 32.2. The van der Waals surface area contributed by atoms with Gasteiger partial charge >= 0.3 is 0 Å². The fourth-order valence-corrected chi connectivity index (χ4v) is 4.41. The lowest BCUT2D eigenvalue weighted by Crippen LogP contribution is -2.51.